The molecule has 2 amide bonds. The molecule has 2 unspecified atom stereocenters. The van der Waals surface area contributed by atoms with Crippen LogP contribution in [0.1, 0.15) is 35.7 Å². The quantitative estimate of drug-likeness (QED) is 0.720. The van der Waals surface area contributed by atoms with Crippen LogP contribution in [-0.2, 0) is 9.59 Å². The summed E-state index contributed by atoms with van der Waals surface area (Å²) in [5.74, 6) is -0.190. The summed E-state index contributed by atoms with van der Waals surface area (Å²) in [6.07, 6.45) is 1.70. The molecule has 1 aromatic carbocycles. The lowest BCUT2D eigenvalue weighted by Gasteiger charge is -2.40. The Kier molecular flexibility index (Phi) is 7.83. The van der Waals surface area contributed by atoms with Crippen LogP contribution in [0.25, 0.3) is 0 Å². The normalized spacial score (nSPS) is 19.5. The molecule has 0 spiro atoms. The predicted molar refractivity (Wildman–Crippen MR) is 112 cm³/mol. The van der Waals surface area contributed by atoms with Crippen molar-refractivity contribution >= 4 is 41.2 Å². The van der Waals surface area contributed by atoms with Gasteiger partial charge in [0.2, 0.25) is 11.8 Å². The summed E-state index contributed by atoms with van der Waals surface area (Å²) in [5.41, 5.74) is 7.51. The molecule has 3 N–H and O–H groups in total. The van der Waals surface area contributed by atoms with Crippen molar-refractivity contribution in [1.82, 2.24) is 5.32 Å². The van der Waals surface area contributed by atoms with Crippen molar-refractivity contribution in [2.75, 3.05) is 18.0 Å². The van der Waals surface area contributed by atoms with E-state index in [0.717, 1.165) is 22.5 Å². The van der Waals surface area contributed by atoms with E-state index in [2.05, 4.69) is 5.32 Å². The molecule has 0 radical (unpaired) electrons. The van der Waals surface area contributed by atoms with Crippen LogP contribution in [-0.4, -0.2) is 24.9 Å². The van der Waals surface area contributed by atoms with Gasteiger partial charge < -0.3 is 16.0 Å². The Morgan fingerprint density at radius 3 is 2.67 bits per heavy atom. The minimum Gasteiger partial charge on any atom is -0.356 e. The third kappa shape index (κ3) is 4.89. The van der Waals surface area contributed by atoms with Crippen molar-refractivity contribution in [2.24, 2.45) is 11.7 Å². The van der Waals surface area contributed by atoms with Gasteiger partial charge in [0, 0.05) is 23.5 Å². The van der Waals surface area contributed by atoms with E-state index in [4.69, 9.17) is 5.73 Å². The number of hydrogen-bond acceptors (Lipinski definition) is 4. The number of aryl methyl sites for hydroxylation is 1. The zero-order valence-electron chi connectivity index (χ0n) is 15.4. The molecule has 27 heavy (non-hydrogen) atoms. The van der Waals surface area contributed by atoms with Crippen LogP contribution in [0.15, 0.2) is 41.8 Å². The molecule has 146 valence electrons. The van der Waals surface area contributed by atoms with Crippen LogP contribution in [0.2, 0.25) is 0 Å². The van der Waals surface area contributed by atoms with Gasteiger partial charge in [-0.2, -0.15) is 0 Å². The Hall–Kier alpha value is -1.89. The Bertz CT molecular complexity index is 749. The van der Waals surface area contributed by atoms with Gasteiger partial charge in [0.1, 0.15) is 0 Å². The number of benzene rings is 1. The van der Waals surface area contributed by atoms with Gasteiger partial charge >= 0.3 is 0 Å². The molecule has 1 fully saturated rings. The maximum atomic E-state index is 12.8. The van der Waals surface area contributed by atoms with Gasteiger partial charge in [0.15, 0.2) is 0 Å². The molecule has 2 atom stereocenters. The number of rotatable bonds is 6. The largest absolute Gasteiger partial charge is 0.356 e. The van der Waals surface area contributed by atoms with Crippen LogP contribution in [0, 0.1) is 12.8 Å². The fourth-order valence-corrected chi connectivity index (χ4v) is 4.29. The van der Waals surface area contributed by atoms with Gasteiger partial charge in [-0.05, 0) is 49.9 Å². The minimum atomic E-state index is -0.267. The minimum absolute atomic E-state index is 0. The molecule has 2 aromatic rings. The highest BCUT2D eigenvalue weighted by Crippen LogP contribution is 2.41. The maximum Gasteiger partial charge on any atom is 0.227 e. The third-order valence-electron chi connectivity index (χ3n) is 4.76. The number of carbonyl (C=O) groups excluding carboxylic acids is 2. The first-order valence-electron chi connectivity index (χ1n) is 9.01. The van der Waals surface area contributed by atoms with Crippen molar-refractivity contribution in [1.29, 1.82) is 0 Å². The summed E-state index contributed by atoms with van der Waals surface area (Å²) in [5, 5.41) is 4.98. The van der Waals surface area contributed by atoms with E-state index in [9.17, 15) is 9.59 Å². The Morgan fingerprint density at radius 1 is 1.30 bits per heavy atom. The fourth-order valence-electron chi connectivity index (χ4n) is 3.41. The molecule has 0 saturated carbocycles. The standard InChI is InChI=1S/C20H25N3O2S.ClH/c1-14-5-7-15(8-6-14)23-18(24)10-9-16(20(25)22-12-3-11-21)19(23)17-4-2-13-26-17;/h2,4-8,13,16,19H,3,9-12,21H2,1H3,(H,22,25);1H. The van der Waals surface area contributed by atoms with Crippen molar-refractivity contribution in [3.05, 3.63) is 52.2 Å². The van der Waals surface area contributed by atoms with Crippen LogP contribution in [0.4, 0.5) is 5.69 Å². The second kappa shape index (κ2) is 9.88. The summed E-state index contributed by atoms with van der Waals surface area (Å²) in [4.78, 5) is 28.5. The second-order valence-corrected chi connectivity index (χ2v) is 7.62. The summed E-state index contributed by atoms with van der Waals surface area (Å²) >= 11 is 1.59. The highest BCUT2D eigenvalue weighted by Gasteiger charge is 2.41. The molecule has 1 saturated heterocycles. The molecule has 0 aliphatic carbocycles. The third-order valence-corrected chi connectivity index (χ3v) is 5.70. The van der Waals surface area contributed by atoms with E-state index in [0.29, 0.717) is 25.9 Å². The molecular weight excluding hydrogens is 382 g/mol. The zero-order chi connectivity index (χ0) is 18.5. The second-order valence-electron chi connectivity index (χ2n) is 6.64. The number of thiophene rings is 1. The SMILES string of the molecule is Cc1ccc(N2C(=O)CCC(C(=O)NCCCN)C2c2cccs2)cc1.Cl. The maximum absolute atomic E-state index is 12.8. The van der Waals surface area contributed by atoms with Crippen LogP contribution >= 0.6 is 23.7 Å². The molecule has 1 aliphatic rings. The van der Waals surface area contributed by atoms with E-state index in [1.54, 1.807) is 11.3 Å². The molecule has 2 heterocycles. The summed E-state index contributed by atoms with van der Waals surface area (Å²) < 4.78 is 0. The highest BCUT2D eigenvalue weighted by atomic mass is 35.5. The van der Waals surface area contributed by atoms with Crippen LogP contribution < -0.4 is 16.0 Å². The van der Waals surface area contributed by atoms with Crippen molar-refractivity contribution < 1.29 is 9.59 Å². The van der Waals surface area contributed by atoms with E-state index in [1.165, 1.54) is 0 Å². The smallest absolute Gasteiger partial charge is 0.227 e. The molecule has 0 bridgehead atoms. The predicted octanol–water partition coefficient (Wildman–Crippen LogP) is 3.43. The van der Waals surface area contributed by atoms with Gasteiger partial charge in [-0.25, -0.2) is 0 Å². The zero-order valence-corrected chi connectivity index (χ0v) is 17.0. The van der Waals surface area contributed by atoms with Gasteiger partial charge in [-0.3, -0.25) is 9.59 Å². The first-order valence-corrected chi connectivity index (χ1v) is 9.89. The summed E-state index contributed by atoms with van der Waals surface area (Å²) in [6.45, 7) is 3.14. The van der Waals surface area contributed by atoms with Crippen molar-refractivity contribution in [3.8, 4) is 0 Å². The van der Waals surface area contributed by atoms with Crippen molar-refractivity contribution in [2.45, 2.75) is 32.2 Å². The van der Waals surface area contributed by atoms with E-state index >= 15 is 0 Å². The average Bonchev–Trinajstić information content (AvgIpc) is 3.17. The van der Waals surface area contributed by atoms with E-state index in [-0.39, 0.29) is 36.2 Å². The lowest BCUT2D eigenvalue weighted by atomic mass is 9.86. The number of piperidine rings is 1. The number of carbonyl (C=O) groups is 2. The molecule has 7 heteroatoms. The average molecular weight is 408 g/mol. The van der Waals surface area contributed by atoms with Gasteiger partial charge in [-0.1, -0.05) is 23.8 Å². The Balaban J connectivity index is 0.00000261. The fraction of sp³-hybridized carbons (Fsp3) is 0.400. The van der Waals surface area contributed by atoms with Crippen LogP contribution in [0.3, 0.4) is 0 Å². The summed E-state index contributed by atoms with van der Waals surface area (Å²) in [6, 6.07) is 11.6. The number of nitrogens with two attached hydrogens (primary N) is 1. The number of amides is 2. The molecule has 1 aromatic heterocycles. The summed E-state index contributed by atoms with van der Waals surface area (Å²) in [7, 11) is 0. The van der Waals surface area contributed by atoms with Gasteiger partial charge in [0.05, 0.1) is 12.0 Å². The number of anilines is 1. The highest BCUT2D eigenvalue weighted by molar-refractivity contribution is 7.10. The lowest BCUT2D eigenvalue weighted by Crippen LogP contribution is -2.48. The number of halogens is 1. The Labute approximate surface area is 170 Å². The molecule has 3 rings (SSSR count). The monoisotopic (exact) mass is 407 g/mol. The van der Waals surface area contributed by atoms with Crippen LogP contribution in [0.5, 0.6) is 0 Å². The number of nitrogens with zero attached hydrogens (tertiary/aromatic N) is 1. The van der Waals surface area contributed by atoms with Gasteiger partial charge in [0.25, 0.3) is 0 Å². The first kappa shape index (κ1) is 21.4. The number of hydrogen-bond donors (Lipinski definition) is 2. The lowest BCUT2D eigenvalue weighted by molar-refractivity contribution is -0.129. The van der Waals surface area contributed by atoms with Crippen molar-refractivity contribution in [3.63, 3.8) is 0 Å². The first-order chi connectivity index (χ1) is 12.6. The topological polar surface area (TPSA) is 75.4 Å². The molecule has 1 aliphatic heterocycles. The molecular formula is C20H26ClN3O2S. The van der Waals surface area contributed by atoms with Gasteiger partial charge in [-0.15, -0.1) is 23.7 Å². The van der Waals surface area contributed by atoms with E-state index in [1.807, 2.05) is 53.6 Å². The number of nitrogens with one attached hydrogen (secondary N) is 1. The molecule has 5 nitrogen and oxygen atoms in total. The van der Waals surface area contributed by atoms with E-state index < -0.39 is 0 Å². The Morgan fingerprint density at radius 2 is 2.04 bits per heavy atom.